The quantitative estimate of drug-likeness (QED) is 0.549. The Labute approximate surface area is 84.0 Å². The summed E-state index contributed by atoms with van der Waals surface area (Å²) in [5.74, 6) is 0. The summed E-state index contributed by atoms with van der Waals surface area (Å²) in [6.07, 6.45) is 0. The summed E-state index contributed by atoms with van der Waals surface area (Å²) in [5.41, 5.74) is 3.02. The molecule has 0 aliphatic rings. The summed E-state index contributed by atoms with van der Waals surface area (Å²) in [4.78, 5) is 0. The van der Waals surface area contributed by atoms with Crippen LogP contribution in [0.5, 0.6) is 0 Å². The average Bonchev–Trinajstić information content (AvgIpc) is 1.86. The maximum absolute atomic E-state index is 2.23. The van der Waals surface area contributed by atoms with E-state index in [-0.39, 0.29) is 20.3 Å². The van der Waals surface area contributed by atoms with Gasteiger partial charge in [0.25, 0.3) is 0 Å². The molecule has 0 saturated carbocycles. The largest absolute Gasteiger partial charge is 0.0776 e. The molecule has 1 aromatic carbocycles. The van der Waals surface area contributed by atoms with Gasteiger partial charge in [0.1, 0.15) is 0 Å². The fourth-order valence-electron chi connectivity index (χ4n) is 1.05. The van der Waals surface area contributed by atoms with E-state index in [1.54, 1.807) is 0 Å². The van der Waals surface area contributed by atoms with Gasteiger partial charge in [-0.1, -0.05) is 65.5 Å². The third-order valence-corrected chi connectivity index (χ3v) is 1.92. The standard InChI is InChI=1S/C11H16.2CH4/c1-9-5-7-10(8-6-9)11(2,3)4;;/h5-8H,1-4H3;2*1H4. The van der Waals surface area contributed by atoms with Gasteiger partial charge in [0.15, 0.2) is 0 Å². The van der Waals surface area contributed by atoms with Crippen LogP contribution in [0.25, 0.3) is 0 Å². The van der Waals surface area contributed by atoms with Gasteiger partial charge < -0.3 is 0 Å². The van der Waals surface area contributed by atoms with E-state index in [9.17, 15) is 0 Å². The Morgan fingerprint density at radius 1 is 0.846 bits per heavy atom. The first-order chi connectivity index (χ1) is 5.00. The Bertz CT molecular complexity index is 223. The van der Waals surface area contributed by atoms with Gasteiger partial charge in [0.2, 0.25) is 0 Å². The molecule has 0 aromatic heterocycles. The third-order valence-electron chi connectivity index (χ3n) is 1.92. The molecule has 0 unspecified atom stereocenters. The molecule has 13 heavy (non-hydrogen) atoms. The van der Waals surface area contributed by atoms with Crippen LogP contribution >= 0.6 is 0 Å². The Hall–Kier alpha value is -0.780. The molecule has 0 spiro atoms. The summed E-state index contributed by atoms with van der Waals surface area (Å²) in [6, 6.07) is 8.74. The Morgan fingerprint density at radius 3 is 1.54 bits per heavy atom. The van der Waals surface area contributed by atoms with E-state index in [0.29, 0.717) is 0 Å². The van der Waals surface area contributed by atoms with Crippen molar-refractivity contribution in [1.82, 2.24) is 0 Å². The maximum Gasteiger partial charge on any atom is -0.0132 e. The lowest BCUT2D eigenvalue weighted by atomic mass is 9.87. The van der Waals surface area contributed by atoms with Gasteiger partial charge in [-0.2, -0.15) is 0 Å². The van der Waals surface area contributed by atoms with Crippen LogP contribution in [0.1, 0.15) is 46.8 Å². The van der Waals surface area contributed by atoms with E-state index in [4.69, 9.17) is 0 Å². The highest BCUT2D eigenvalue weighted by atomic mass is 14.2. The highest BCUT2D eigenvalue weighted by Crippen LogP contribution is 2.21. The molecule has 0 amide bonds. The normalized spacial score (nSPS) is 9.85. The Balaban J connectivity index is 0. The lowest BCUT2D eigenvalue weighted by Crippen LogP contribution is -2.10. The lowest BCUT2D eigenvalue weighted by Gasteiger charge is -2.18. The molecule has 0 N–H and O–H groups in total. The molecule has 0 radical (unpaired) electrons. The Morgan fingerprint density at radius 2 is 1.23 bits per heavy atom. The van der Waals surface area contributed by atoms with Crippen LogP contribution in [-0.4, -0.2) is 0 Å². The minimum Gasteiger partial charge on any atom is -0.0776 e. The summed E-state index contributed by atoms with van der Waals surface area (Å²) in [6.45, 7) is 8.82. The van der Waals surface area contributed by atoms with E-state index < -0.39 is 0 Å². The lowest BCUT2D eigenvalue weighted by molar-refractivity contribution is 0.590. The third kappa shape index (κ3) is 4.12. The molecule has 0 nitrogen and oxygen atoms in total. The van der Waals surface area contributed by atoms with Crippen molar-refractivity contribution < 1.29 is 0 Å². The number of benzene rings is 1. The van der Waals surface area contributed by atoms with Gasteiger partial charge in [-0.05, 0) is 17.9 Å². The molecule has 1 rings (SSSR count). The van der Waals surface area contributed by atoms with Crippen molar-refractivity contribution in [2.75, 3.05) is 0 Å². The number of hydrogen-bond acceptors (Lipinski definition) is 0. The maximum atomic E-state index is 2.23. The molecule has 0 saturated heterocycles. The van der Waals surface area contributed by atoms with Crippen molar-refractivity contribution >= 4 is 0 Å². The van der Waals surface area contributed by atoms with Gasteiger partial charge in [-0.25, -0.2) is 0 Å². The molecule has 0 heterocycles. The predicted molar refractivity (Wildman–Crippen MR) is 63.3 cm³/mol. The van der Waals surface area contributed by atoms with Crippen LogP contribution in [-0.2, 0) is 5.41 Å². The molecule has 0 atom stereocenters. The first-order valence-electron chi connectivity index (χ1n) is 4.07. The smallest absolute Gasteiger partial charge is 0.0132 e. The van der Waals surface area contributed by atoms with E-state index in [1.807, 2.05) is 0 Å². The first kappa shape index (κ1) is 14.7. The van der Waals surface area contributed by atoms with Crippen molar-refractivity contribution in [3.05, 3.63) is 35.4 Å². The SMILES string of the molecule is C.C.Cc1ccc(C(C)(C)C)cc1. The zero-order valence-corrected chi connectivity index (χ0v) is 7.81. The molecule has 0 aliphatic heterocycles. The molecule has 76 valence electrons. The first-order valence-corrected chi connectivity index (χ1v) is 4.07. The minimum absolute atomic E-state index is 0. The second-order valence-electron chi connectivity index (χ2n) is 4.12. The van der Waals surface area contributed by atoms with Crippen LogP contribution in [0.3, 0.4) is 0 Å². The highest BCUT2D eigenvalue weighted by molar-refractivity contribution is 5.26. The Kier molecular flexibility index (Phi) is 5.73. The van der Waals surface area contributed by atoms with Crippen LogP contribution < -0.4 is 0 Å². The van der Waals surface area contributed by atoms with Gasteiger partial charge in [0.05, 0.1) is 0 Å². The van der Waals surface area contributed by atoms with Crippen LogP contribution in [0, 0.1) is 6.92 Å². The average molecular weight is 180 g/mol. The number of hydrogen-bond donors (Lipinski definition) is 0. The van der Waals surface area contributed by atoms with Crippen molar-refractivity contribution in [3.63, 3.8) is 0 Å². The second-order valence-corrected chi connectivity index (χ2v) is 4.12. The summed E-state index contributed by atoms with van der Waals surface area (Å²) in [5, 5.41) is 0. The van der Waals surface area contributed by atoms with Crippen molar-refractivity contribution in [1.29, 1.82) is 0 Å². The number of aryl methyl sites for hydroxylation is 1. The highest BCUT2D eigenvalue weighted by Gasteiger charge is 2.11. The van der Waals surface area contributed by atoms with E-state index in [0.717, 1.165) is 0 Å². The topological polar surface area (TPSA) is 0 Å². The van der Waals surface area contributed by atoms with Gasteiger partial charge in [0, 0.05) is 0 Å². The van der Waals surface area contributed by atoms with E-state index >= 15 is 0 Å². The van der Waals surface area contributed by atoms with E-state index in [2.05, 4.69) is 52.0 Å². The molecule has 0 bridgehead atoms. The molecular formula is C13H24. The summed E-state index contributed by atoms with van der Waals surface area (Å²) < 4.78 is 0. The van der Waals surface area contributed by atoms with Crippen LogP contribution in [0.15, 0.2) is 24.3 Å². The molecular weight excluding hydrogens is 156 g/mol. The van der Waals surface area contributed by atoms with Gasteiger partial charge in [-0.15, -0.1) is 0 Å². The molecule has 1 aromatic rings. The monoisotopic (exact) mass is 180 g/mol. The van der Waals surface area contributed by atoms with E-state index in [1.165, 1.54) is 11.1 Å². The minimum atomic E-state index is 0. The summed E-state index contributed by atoms with van der Waals surface area (Å²) in [7, 11) is 0. The zero-order valence-electron chi connectivity index (χ0n) is 7.81. The second kappa shape index (κ2) is 5.06. The summed E-state index contributed by atoms with van der Waals surface area (Å²) >= 11 is 0. The van der Waals surface area contributed by atoms with Crippen molar-refractivity contribution in [2.24, 2.45) is 0 Å². The zero-order chi connectivity index (χ0) is 8.48. The molecule has 0 heteroatoms. The van der Waals surface area contributed by atoms with Crippen LogP contribution in [0.4, 0.5) is 0 Å². The van der Waals surface area contributed by atoms with Gasteiger partial charge >= 0.3 is 0 Å². The molecule has 0 aliphatic carbocycles. The van der Waals surface area contributed by atoms with Crippen LogP contribution in [0.2, 0.25) is 0 Å². The van der Waals surface area contributed by atoms with Crippen molar-refractivity contribution in [3.8, 4) is 0 Å². The van der Waals surface area contributed by atoms with Crippen molar-refractivity contribution in [2.45, 2.75) is 48.0 Å². The molecule has 0 fully saturated rings. The fraction of sp³-hybridized carbons (Fsp3) is 0.538. The fourth-order valence-corrected chi connectivity index (χ4v) is 1.05. The number of rotatable bonds is 0. The predicted octanol–water partition coefficient (Wildman–Crippen LogP) is 4.56. The van der Waals surface area contributed by atoms with Gasteiger partial charge in [-0.3, -0.25) is 0 Å².